The number of aryl methyl sites for hydroxylation is 2. The van der Waals surface area contributed by atoms with Crippen molar-refractivity contribution >= 4 is 29.3 Å². The normalized spacial score (nSPS) is 27.5. The lowest BCUT2D eigenvalue weighted by Gasteiger charge is -2.56. The average molecular weight is 468 g/mol. The molecule has 4 aliphatic carbocycles. The van der Waals surface area contributed by atoms with E-state index in [1.54, 1.807) is 0 Å². The molecule has 176 valence electrons. The summed E-state index contributed by atoms with van der Waals surface area (Å²) in [5.74, 6) is 3.27. The van der Waals surface area contributed by atoms with Gasteiger partial charge in [0.05, 0.1) is 12.2 Å². The van der Waals surface area contributed by atoms with Gasteiger partial charge in [0.1, 0.15) is 5.82 Å². The highest BCUT2D eigenvalue weighted by Gasteiger charge is 2.51. The molecule has 0 unspecified atom stereocenters. The van der Waals surface area contributed by atoms with E-state index >= 15 is 0 Å². The van der Waals surface area contributed by atoms with Crippen molar-refractivity contribution in [3.63, 3.8) is 0 Å². The largest absolute Gasteiger partial charge is 0.350 e. The van der Waals surface area contributed by atoms with Crippen LogP contribution in [0.2, 0.25) is 0 Å². The van der Waals surface area contributed by atoms with E-state index < -0.39 is 0 Å². The number of benzene rings is 1. The smallest absolute Gasteiger partial charge is 0.232 e. The van der Waals surface area contributed by atoms with Crippen molar-refractivity contribution in [1.29, 1.82) is 0 Å². The topological polar surface area (TPSA) is 88.9 Å². The SMILES string of the molecule is Cc1ccc(NC(=O)Cc2nnc(SCC(=O)NC34CC5CC(CC(C5)C3)C4)n2C)cc1C. The van der Waals surface area contributed by atoms with Crippen LogP contribution in [-0.4, -0.2) is 37.9 Å². The van der Waals surface area contributed by atoms with Crippen LogP contribution in [0.3, 0.4) is 0 Å². The lowest BCUT2D eigenvalue weighted by atomic mass is 9.53. The highest BCUT2D eigenvalue weighted by atomic mass is 32.2. The second-order valence-electron chi connectivity index (χ2n) is 10.5. The summed E-state index contributed by atoms with van der Waals surface area (Å²) in [5, 5.41) is 15.4. The Bertz CT molecular complexity index is 1040. The zero-order chi connectivity index (χ0) is 23.2. The van der Waals surface area contributed by atoms with Crippen molar-refractivity contribution in [3.05, 3.63) is 35.2 Å². The first kappa shape index (κ1) is 22.4. The molecule has 6 rings (SSSR count). The van der Waals surface area contributed by atoms with Gasteiger partial charge in [-0.15, -0.1) is 10.2 Å². The lowest BCUT2D eigenvalue weighted by molar-refractivity contribution is -0.124. The van der Waals surface area contributed by atoms with Gasteiger partial charge in [0.2, 0.25) is 11.8 Å². The Hall–Kier alpha value is -2.35. The molecule has 1 aromatic carbocycles. The second-order valence-corrected chi connectivity index (χ2v) is 11.5. The van der Waals surface area contributed by atoms with Crippen molar-refractivity contribution in [2.24, 2.45) is 24.8 Å². The molecule has 4 fully saturated rings. The van der Waals surface area contributed by atoms with Crippen LogP contribution >= 0.6 is 11.8 Å². The lowest BCUT2D eigenvalue weighted by Crippen LogP contribution is -2.60. The minimum absolute atomic E-state index is 0.0316. The Labute approximate surface area is 199 Å². The summed E-state index contributed by atoms with van der Waals surface area (Å²) in [6.07, 6.45) is 7.68. The molecule has 33 heavy (non-hydrogen) atoms. The Morgan fingerprint density at radius 3 is 2.33 bits per heavy atom. The molecule has 1 aromatic heterocycles. The molecule has 7 nitrogen and oxygen atoms in total. The molecule has 2 amide bonds. The average Bonchev–Trinajstić information content (AvgIpc) is 3.07. The number of anilines is 1. The van der Waals surface area contributed by atoms with Gasteiger partial charge >= 0.3 is 0 Å². The van der Waals surface area contributed by atoms with Gasteiger partial charge in [-0.1, -0.05) is 17.8 Å². The number of rotatable bonds is 7. The highest BCUT2D eigenvalue weighted by Crippen LogP contribution is 2.55. The van der Waals surface area contributed by atoms with Crippen LogP contribution in [0.1, 0.15) is 55.5 Å². The number of carbonyl (C=O) groups excluding carboxylic acids is 2. The summed E-state index contributed by atoms with van der Waals surface area (Å²) in [6, 6.07) is 5.87. The Balaban J connectivity index is 1.14. The van der Waals surface area contributed by atoms with Crippen LogP contribution in [0.25, 0.3) is 0 Å². The molecule has 0 saturated heterocycles. The summed E-state index contributed by atoms with van der Waals surface area (Å²) in [4.78, 5) is 25.3. The van der Waals surface area contributed by atoms with Gasteiger partial charge in [0.25, 0.3) is 0 Å². The standard InChI is InChI=1S/C25H33N5O2S/c1-15-4-5-20(6-16(15)2)26-22(31)10-21-28-29-24(30(21)3)33-14-23(32)27-25-11-17-7-18(12-25)9-19(8-17)13-25/h4-6,17-19H,7-14H2,1-3H3,(H,26,31)(H,27,32). The van der Waals surface area contributed by atoms with Crippen molar-refractivity contribution < 1.29 is 9.59 Å². The maximum absolute atomic E-state index is 12.8. The van der Waals surface area contributed by atoms with E-state index in [4.69, 9.17) is 0 Å². The number of amides is 2. The predicted molar refractivity (Wildman–Crippen MR) is 129 cm³/mol. The van der Waals surface area contributed by atoms with Crippen LogP contribution in [0.15, 0.2) is 23.4 Å². The number of carbonyl (C=O) groups is 2. The van der Waals surface area contributed by atoms with Crippen molar-refractivity contribution in [3.8, 4) is 0 Å². The maximum atomic E-state index is 12.8. The van der Waals surface area contributed by atoms with Crippen molar-refractivity contribution in [2.45, 2.75) is 69.5 Å². The zero-order valence-corrected chi connectivity index (χ0v) is 20.5. The van der Waals surface area contributed by atoms with Crippen LogP contribution in [-0.2, 0) is 23.1 Å². The number of aromatic nitrogens is 3. The Morgan fingerprint density at radius 2 is 1.70 bits per heavy atom. The summed E-state index contributed by atoms with van der Waals surface area (Å²) in [7, 11) is 1.85. The molecule has 4 bridgehead atoms. The molecule has 1 heterocycles. The first-order valence-corrected chi connectivity index (χ1v) is 13.0. The zero-order valence-electron chi connectivity index (χ0n) is 19.7. The molecule has 0 atom stereocenters. The molecular formula is C25H33N5O2S. The number of hydrogen-bond acceptors (Lipinski definition) is 5. The van der Waals surface area contributed by atoms with E-state index in [2.05, 4.69) is 20.8 Å². The number of nitrogens with one attached hydrogen (secondary N) is 2. The van der Waals surface area contributed by atoms with Gasteiger partial charge in [-0.2, -0.15) is 0 Å². The van der Waals surface area contributed by atoms with E-state index in [-0.39, 0.29) is 23.8 Å². The molecule has 0 radical (unpaired) electrons. The fraction of sp³-hybridized carbons (Fsp3) is 0.600. The third kappa shape index (κ3) is 4.81. The number of hydrogen-bond donors (Lipinski definition) is 2. The monoisotopic (exact) mass is 467 g/mol. The van der Waals surface area contributed by atoms with Crippen molar-refractivity contribution in [2.75, 3.05) is 11.1 Å². The van der Waals surface area contributed by atoms with Crippen LogP contribution in [0.5, 0.6) is 0 Å². The highest BCUT2D eigenvalue weighted by molar-refractivity contribution is 7.99. The van der Waals surface area contributed by atoms with E-state index in [9.17, 15) is 9.59 Å². The summed E-state index contributed by atoms with van der Waals surface area (Å²) >= 11 is 1.38. The molecule has 2 N–H and O–H groups in total. The quantitative estimate of drug-likeness (QED) is 0.605. The van der Waals surface area contributed by atoms with Gasteiger partial charge in [0.15, 0.2) is 5.16 Å². The minimum Gasteiger partial charge on any atom is -0.350 e. The van der Waals surface area contributed by atoms with E-state index in [1.807, 2.05) is 43.7 Å². The third-order valence-corrected chi connectivity index (χ3v) is 8.83. The molecule has 0 aliphatic heterocycles. The molecule has 4 aliphatic rings. The van der Waals surface area contributed by atoms with Gasteiger partial charge in [0, 0.05) is 18.3 Å². The molecule has 4 saturated carbocycles. The van der Waals surface area contributed by atoms with Crippen LogP contribution in [0.4, 0.5) is 5.69 Å². The van der Waals surface area contributed by atoms with Crippen LogP contribution in [0, 0.1) is 31.6 Å². The third-order valence-electron chi connectivity index (χ3n) is 7.81. The molecular weight excluding hydrogens is 434 g/mol. The van der Waals surface area contributed by atoms with Crippen molar-refractivity contribution in [1.82, 2.24) is 20.1 Å². The summed E-state index contributed by atoms with van der Waals surface area (Å²) in [6.45, 7) is 4.07. The van der Waals surface area contributed by atoms with Gasteiger partial charge in [-0.3, -0.25) is 9.59 Å². The number of thioether (sulfide) groups is 1. The van der Waals surface area contributed by atoms with E-state index in [0.717, 1.165) is 48.3 Å². The van der Waals surface area contributed by atoms with Gasteiger partial charge < -0.3 is 15.2 Å². The van der Waals surface area contributed by atoms with E-state index in [0.29, 0.717) is 16.7 Å². The van der Waals surface area contributed by atoms with Gasteiger partial charge in [-0.05, 0) is 93.4 Å². The van der Waals surface area contributed by atoms with Crippen LogP contribution < -0.4 is 10.6 Å². The fourth-order valence-corrected chi connectivity index (χ4v) is 7.25. The first-order valence-electron chi connectivity index (χ1n) is 12.0. The Kier molecular flexibility index (Phi) is 5.97. The fourth-order valence-electron chi connectivity index (χ4n) is 6.52. The summed E-state index contributed by atoms with van der Waals surface area (Å²) < 4.78 is 1.81. The van der Waals surface area contributed by atoms with E-state index in [1.165, 1.54) is 36.6 Å². The minimum atomic E-state index is -0.134. The molecule has 0 spiro atoms. The first-order chi connectivity index (χ1) is 15.8. The summed E-state index contributed by atoms with van der Waals surface area (Å²) in [5.41, 5.74) is 3.14. The Morgan fingerprint density at radius 1 is 1.03 bits per heavy atom. The molecule has 2 aromatic rings. The predicted octanol–water partition coefficient (Wildman–Crippen LogP) is 3.79. The maximum Gasteiger partial charge on any atom is 0.232 e. The van der Waals surface area contributed by atoms with Gasteiger partial charge in [-0.25, -0.2) is 0 Å². The molecule has 8 heteroatoms. The number of nitrogens with zero attached hydrogens (tertiary/aromatic N) is 3. The second kappa shape index (κ2) is 8.78.